The normalized spacial score (nSPS) is 16.5. The van der Waals surface area contributed by atoms with Crippen molar-refractivity contribution in [3.05, 3.63) is 65.7 Å². The molecule has 1 atom stereocenters. The lowest BCUT2D eigenvalue weighted by Gasteiger charge is -2.30. The van der Waals surface area contributed by atoms with Crippen LogP contribution in [0.3, 0.4) is 0 Å². The van der Waals surface area contributed by atoms with Crippen LogP contribution in [-0.4, -0.2) is 41.7 Å². The van der Waals surface area contributed by atoms with Crippen LogP contribution in [0.5, 0.6) is 0 Å². The number of aliphatic hydroxyl groups is 1. The third kappa shape index (κ3) is 4.57. The van der Waals surface area contributed by atoms with Gasteiger partial charge in [0.05, 0.1) is 12.6 Å². The number of hydrogen-bond acceptors (Lipinski definition) is 3. The Balaban J connectivity index is 1.47. The van der Waals surface area contributed by atoms with Gasteiger partial charge in [-0.15, -0.1) is 0 Å². The van der Waals surface area contributed by atoms with E-state index < -0.39 is 6.10 Å². The highest BCUT2D eigenvalue weighted by molar-refractivity contribution is 5.92. The Bertz CT molecular complexity index is 687. The lowest BCUT2D eigenvalue weighted by Crippen LogP contribution is -2.38. The van der Waals surface area contributed by atoms with Gasteiger partial charge >= 0.3 is 0 Å². The van der Waals surface area contributed by atoms with Crippen LogP contribution in [0.15, 0.2) is 59.6 Å². The smallest absolute Gasteiger partial charge is 0.193 e. The molecular formula is C19H24N4O. The number of benzene rings is 2. The molecule has 0 saturated heterocycles. The maximum atomic E-state index is 10.2. The fraction of sp³-hybridized carbons (Fsp3) is 0.316. The Morgan fingerprint density at radius 1 is 1.12 bits per heavy atom. The molecule has 0 aromatic heterocycles. The zero-order valence-electron chi connectivity index (χ0n) is 13.7. The van der Waals surface area contributed by atoms with Gasteiger partial charge in [0.15, 0.2) is 5.96 Å². The Kier molecular flexibility index (Phi) is 5.46. The van der Waals surface area contributed by atoms with E-state index in [2.05, 4.69) is 39.5 Å². The van der Waals surface area contributed by atoms with Gasteiger partial charge in [-0.1, -0.05) is 42.5 Å². The van der Waals surface area contributed by atoms with Crippen molar-refractivity contribution in [2.75, 3.05) is 25.0 Å². The molecule has 2 aromatic rings. The predicted octanol–water partition coefficient (Wildman–Crippen LogP) is 1.83. The van der Waals surface area contributed by atoms with Crippen molar-refractivity contribution in [1.29, 1.82) is 0 Å². The van der Waals surface area contributed by atoms with E-state index in [4.69, 9.17) is 5.73 Å². The summed E-state index contributed by atoms with van der Waals surface area (Å²) >= 11 is 0. The van der Waals surface area contributed by atoms with Crippen LogP contribution >= 0.6 is 0 Å². The molecule has 0 spiro atoms. The third-order valence-corrected chi connectivity index (χ3v) is 4.20. The minimum Gasteiger partial charge on any atom is -0.390 e. The highest BCUT2D eigenvalue weighted by Crippen LogP contribution is 2.18. The third-order valence-electron chi connectivity index (χ3n) is 4.20. The summed E-state index contributed by atoms with van der Waals surface area (Å²) in [7, 11) is 0. The molecule has 3 rings (SSSR count). The van der Waals surface area contributed by atoms with Crippen LogP contribution < -0.4 is 11.1 Å². The molecule has 0 amide bonds. The molecule has 5 nitrogen and oxygen atoms in total. The monoisotopic (exact) mass is 324 g/mol. The minimum absolute atomic E-state index is 0.295. The van der Waals surface area contributed by atoms with E-state index in [0.29, 0.717) is 19.0 Å². The Hall–Kier alpha value is -2.37. The number of para-hydroxylation sites is 1. The van der Waals surface area contributed by atoms with Gasteiger partial charge in [-0.3, -0.25) is 9.89 Å². The second-order valence-electron chi connectivity index (χ2n) is 6.12. The number of nitrogens with two attached hydrogens (primary N) is 1. The molecule has 1 aliphatic heterocycles. The van der Waals surface area contributed by atoms with Crippen molar-refractivity contribution in [2.45, 2.75) is 19.1 Å². The van der Waals surface area contributed by atoms with Crippen LogP contribution in [0.25, 0.3) is 0 Å². The number of rotatable bonds is 5. The largest absolute Gasteiger partial charge is 0.390 e. The van der Waals surface area contributed by atoms with E-state index in [-0.39, 0.29) is 0 Å². The van der Waals surface area contributed by atoms with E-state index in [1.54, 1.807) is 0 Å². The second-order valence-corrected chi connectivity index (χ2v) is 6.12. The summed E-state index contributed by atoms with van der Waals surface area (Å²) < 4.78 is 0. The van der Waals surface area contributed by atoms with Gasteiger partial charge in [0, 0.05) is 25.3 Å². The van der Waals surface area contributed by atoms with Gasteiger partial charge in [0.2, 0.25) is 0 Å². The first-order valence-electron chi connectivity index (χ1n) is 8.30. The standard InChI is InChI=1S/C19H24N4O/c20-19(22-17-8-2-1-3-9-17)21-12-18(24)14-23-11-10-15-6-4-5-7-16(15)13-23/h1-9,18,24H,10-14H2,(H3,20,21,22). The zero-order chi connectivity index (χ0) is 16.8. The summed E-state index contributed by atoms with van der Waals surface area (Å²) in [6.07, 6.45) is 0.510. The maximum Gasteiger partial charge on any atom is 0.193 e. The number of hydrogen-bond donors (Lipinski definition) is 3. The number of anilines is 1. The predicted molar refractivity (Wildman–Crippen MR) is 98.0 cm³/mol. The topological polar surface area (TPSA) is 73.9 Å². The van der Waals surface area contributed by atoms with Crippen molar-refractivity contribution in [2.24, 2.45) is 10.7 Å². The van der Waals surface area contributed by atoms with Crippen LogP contribution in [0, 0.1) is 0 Å². The van der Waals surface area contributed by atoms with Gasteiger partial charge in [-0.25, -0.2) is 0 Å². The van der Waals surface area contributed by atoms with Crippen molar-refractivity contribution in [3.8, 4) is 0 Å². The van der Waals surface area contributed by atoms with Gasteiger partial charge in [0.25, 0.3) is 0 Å². The average Bonchev–Trinajstić information content (AvgIpc) is 2.61. The summed E-state index contributed by atoms with van der Waals surface area (Å²) in [5.41, 5.74) is 9.52. The molecule has 0 aliphatic carbocycles. The van der Waals surface area contributed by atoms with Crippen LogP contribution in [0.2, 0.25) is 0 Å². The summed E-state index contributed by atoms with van der Waals surface area (Å²) in [6, 6.07) is 18.1. The maximum absolute atomic E-state index is 10.2. The number of β-amino-alcohol motifs (C(OH)–C–C–N with tert-alkyl or cyclic N) is 1. The van der Waals surface area contributed by atoms with E-state index in [9.17, 15) is 5.11 Å². The molecule has 4 N–H and O–H groups in total. The number of nitrogens with zero attached hydrogens (tertiary/aromatic N) is 2. The summed E-state index contributed by atoms with van der Waals surface area (Å²) in [6.45, 7) is 2.75. The molecule has 0 saturated carbocycles. The first-order chi connectivity index (χ1) is 11.7. The van der Waals surface area contributed by atoms with E-state index in [1.165, 1.54) is 11.1 Å². The van der Waals surface area contributed by atoms with Crippen molar-refractivity contribution in [3.63, 3.8) is 0 Å². The second kappa shape index (κ2) is 7.95. The summed E-state index contributed by atoms with van der Waals surface area (Å²) in [4.78, 5) is 6.50. The van der Waals surface area contributed by atoms with Gasteiger partial charge in [-0.05, 0) is 29.7 Å². The van der Waals surface area contributed by atoms with Gasteiger partial charge in [-0.2, -0.15) is 0 Å². The Morgan fingerprint density at radius 3 is 2.62 bits per heavy atom. The highest BCUT2D eigenvalue weighted by atomic mass is 16.3. The molecule has 0 bridgehead atoms. The molecule has 0 radical (unpaired) electrons. The van der Waals surface area contributed by atoms with E-state index in [1.807, 2.05) is 30.3 Å². The Morgan fingerprint density at radius 2 is 1.83 bits per heavy atom. The molecule has 1 aliphatic rings. The molecule has 1 heterocycles. The fourth-order valence-corrected chi connectivity index (χ4v) is 2.98. The lowest BCUT2D eigenvalue weighted by atomic mass is 10.00. The van der Waals surface area contributed by atoms with Crippen molar-refractivity contribution >= 4 is 11.6 Å². The van der Waals surface area contributed by atoms with Gasteiger partial charge in [0.1, 0.15) is 0 Å². The number of aliphatic imine (C=N–C) groups is 1. The van der Waals surface area contributed by atoms with Crippen LogP contribution in [0.4, 0.5) is 5.69 Å². The fourth-order valence-electron chi connectivity index (χ4n) is 2.98. The first-order valence-corrected chi connectivity index (χ1v) is 8.30. The molecule has 24 heavy (non-hydrogen) atoms. The highest BCUT2D eigenvalue weighted by Gasteiger charge is 2.18. The SMILES string of the molecule is NC(=NCC(O)CN1CCc2ccccc2C1)Nc1ccccc1. The van der Waals surface area contributed by atoms with E-state index in [0.717, 1.165) is 25.2 Å². The van der Waals surface area contributed by atoms with Crippen LogP contribution in [0.1, 0.15) is 11.1 Å². The number of aliphatic hydroxyl groups excluding tert-OH is 1. The van der Waals surface area contributed by atoms with Gasteiger partial charge < -0.3 is 16.2 Å². The van der Waals surface area contributed by atoms with Crippen LogP contribution in [-0.2, 0) is 13.0 Å². The summed E-state index contributed by atoms with van der Waals surface area (Å²) in [5, 5.41) is 13.2. The Labute approximate surface area is 142 Å². The molecule has 5 heteroatoms. The van der Waals surface area contributed by atoms with Crippen molar-refractivity contribution in [1.82, 2.24) is 4.90 Å². The number of guanidine groups is 1. The summed E-state index contributed by atoms with van der Waals surface area (Å²) in [5.74, 6) is 0.323. The quantitative estimate of drug-likeness (QED) is 0.579. The average molecular weight is 324 g/mol. The van der Waals surface area contributed by atoms with Crippen molar-refractivity contribution < 1.29 is 5.11 Å². The number of fused-ring (bicyclic) bond motifs is 1. The first kappa shape index (κ1) is 16.5. The molecule has 1 unspecified atom stereocenters. The molecule has 126 valence electrons. The zero-order valence-corrected chi connectivity index (χ0v) is 13.7. The molecule has 0 fully saturated rings. The number of nitrogens with one attached hydrogen (secondary N) is 1. The molecule has 2 aromatic carbocycles. The lowest BCUT2D eigenvalue weighted by molar-refractivity contribution is 0.112. The molecular weight excluding hydrogens is 300 g/mol. The minimum atomic E-state index is -0.522. The van der Waals surface area contributed by atoms with E-state index >= 15 is 0 Å².